The lowest BCUT2D eigenvalue weighted by Gasteiger charge is -2.24. The second kappa shape index (κ2) is 5.89. The summed E-state index contributed by atoms with van der Waals surface area (Å²) in [7, 11) is 1.94. The van der Waals surface area contributed by atoms with Crippen LogP contribution in [0.2, 0.25) is 5.02 Å². The van der Waals surface area contributed by atoms with Gasteiger partial charge in [-0.05, 0) is 59.6 Å². The number of likely N-dealkylation sites (N-methyl/N-ethyl adjacent to an activating group) is 1. The van der Waals surface area contributed by atoms with E-state index in [-0.39, 0.29) is 6.04 Å². The molecule has 1 aromatic rings. The Bertz CT molecular complexity index is 433. The van der Waals surface area contributed by atoms with Crippen molar-refractivity contribution in [1.82, 2.24) is 5.32 Å². The lowest BCUT2D eigenvalue weighted by atomic mass is 10.0. The lowest BCUT2D eigenvalue weighted by molar-refractivity contribution is 0.169. The van der Waals surface area contributed by atoms with Crippen LogP contribution in [0.3, 0.4) is 0 Å². The summed E-state index contributed by atoms with van der Waals surface area (Å²) >= 11 is 9.45. The highest BCUT2D eigenvalue weighted by Gasteiger charge is 2.18. The van der Waals surface area contributed by atoms with Crippen LogP contribution in [-0.4, -0.2) is 13.7 Å². The number of hydrogen-bond donors (Lipinski definition) is 1. The Labute approximate surface area is 115 Å². The Balaban J connectivity index is 2.28. The molecule has 4 heteroatoms. The molecule has 0 radical (unpaired) electrons. The molecule has 1 unspecified atom stereocenters. The molecular weight excluding hydrogens is 302 g/mol. The van der Waals surface area contributed by atoms with Crippen LogP contribution in [0.25, 0.3) is 0 Å². The topological polar surface area (TPSA) is 21.3 Å². The van der Waals surface area contributed by atoms with Crippen molar-refractivity contribution in [2.24, 2.45) is 0 Å². The third kappa shape index (κ3) is 3.03. The second-order valence-electron chi connectivity index (χ2n) is 3.99. The Kier molecular flexibility index (Phi) is 4.48. The first kappa shape index (κ1) is 12.9. The average Bonchev–Trinajstić information content (AvgIpc) is 2.36. The van der Waals surface area contributed by atoms with Gasteiger partial charge in [-0.1, -0.05) is 17.7 Å². The predicted molar refractivity (Wildman–Crippen MR) is 74.2 cm³/mol. The molecule has 1 aliphatic heterocycles. The maximum atomic E-state index is 6.00. The number of nitrogens with one attached hydrogen (secondary N) is 1. The van der Waals surface area contributed by atoms with Gasteiger partial charge in [0, 0.05) is 4.47 Å². The van der Waals surface area contributed by atoms with Gasteiger partial charge in [0.15, 0.2) is 0 Å². The molecular formula is C13H15BrClNO. The smallest absolute Gasteiger partial charge is 0.113 e. The van der Waals surface area contributed by atoms with E-state index in [9.17, 15) is 0 Å². The fraction of sp³-hybridized carbons (Fsp3) is 0.385. The van der Waals surface area contributed by atoms with Crippen molar-refractivity contribution < 1.29 is 4.74 Å². The fourth-order valence-corrected chi connectivity index (χ4v) is 2.46. The van der Waals surface area contributed by atoms with Crippen molar-refractivity contribution in [3.05, 3.63) is 45.1 Å². The molecule has 0 spiro atoms. The number of halogens is 2. The third-order valence-electron chi connectivity index (χ3n) is 2.81. The van der Waals surface area contributed by atoms with E-state index in [1.165, 1.54) is 0 Å². The van der Waals surface area contributed by atoms with Gasteiger partial charge >= 0.3 is 0 Å². The largest absolute Gasteiger partial charge is 0.496 e. The van der Waals surface area contributed by atoms with Crippen LogP contribution >= 0.6 is 27.5 Å². The molecule has 17 heavy (non-hydrogen) atoms. The number of allylic oxidation sites excluding steroid dienone is 1. The van der Waals surface area contributed by atoms with Crippen molar-refractivity contribution in [2.75, 3.05) is 13.7 Å². The molecule has 92 valence electrons. The van der Waals surface area contributed by atoms with Crippen molar-refractivity contribution in [3.8, 4) is 0 Å². The average molecular weight is 317 g/mol. The van der Waals surface area contributed by atoms with Gasteiger partial charge in [0.05, 0.1) is 17.7 Å². The van der Waals surface area contributed by atoms with Crippen molar-refractivity contribution in [2.45, 2.75) is 18.9 Å². The van der Waals surface area contributed by atoms with E-state index in [0.717, 1.165) is 40.3 Å². The second-order valence-corrected chi connectivity index (χ2v) is 5.25. The third-order valence-corrected chi connectivity index (χ3v) is 4.03. The van der Waals surface area contributed by atoms with E-state index in [4.69, 9.17) is 16.3 Å². The van der Waals surface area contributed by atoms with E-state index in [1.54, 1.807) is 0 Å². The Morgan fingerprint density at radius 3 is 2.88 bits per heavy atom. The van der Waals surface area contributed by atoms with Crippen LogP contribution in [0, 0.1) is 0 Å². The monoisotopic (exact) mass is 315 g/mol. The zero-order valence-corrected chi connectivity index (χ0v) is 12.0. The van der Waals surface area contributed by atoms with Gasteiger partial charge in [0.1, 0.15) is 5.76 Å². The van der Waals surface area contributed by atoms with Gasteiger partial charge in [0.2, 0.25) is 0 Å². The summed E-state index contributed by atoms with van der Waals surface area (Å²) < 4.78 is 6.62. The molecule has 0 saturated heterocycles. The molecule has 2 nitrogen and oxygen atoms in total. The van der Waals surface area contributed by atoms with Crippen LogP contribution < -0.4 is 5.32 Å². The summed E-state index contributed by atoms with van der Waals surface area (Å²) in [6.07, 6.45) is 4.35. The number of rotatable bonds is 3. The summed E-state index contributed by atoms with van der Waals surface area (Å²) in [6.45, 7) is 0.804. The molecule has 2 rings (SSSR count). The van der Waals surface area contributed by atoms with Gasteiger partial charge in [0.25, 0.3) is 0 Å². The van der Waals surface area contributed by atoms with E-state index in [0.29, 0.717) is 0 Å². The van der Waals surface area contributed by atoms with E-state index in [1.807, 2.05) is 25.2 Å². The molecule has 0 aliphatic carbocycles. The van der Waals surface area contributed by atoms with Crippen LogP contribution in [-0.2, 0) is 4.74 Å². The predicted octanol–water partition coefficient (Wildman–Crippen LogP) is 4.06. The Morgan fingerprint density at radius 2 is 2.29 bits per heavy atom. The molecule has 0 saturated carbocycles. The van der Waals surface area contributed by atoms with Crippen molar-refractivity contribution >= 4 is 27.5 Å². The highest BCUT2D eigenvalue weighted by molar-refractivity contribution is 9.10. The zero-order valence-electron chi connectivity index (χ0n) is 9.67. The maximum absolute atomic E-state index is 6.00. The lowest BCUT2D eigenvalue weighted by Crippen LogP contribution is -2.22. The summed E-state index contributed by atoms with van der Waals surface area (Å²) in [5.41, 5.74) is 1.15. The molecule has 0 aromatic heterocycles. The number of hydrogen-bond acceptors (Lipinski definition) is 2. The van der Waals surface area contributed by atoms with Crippen LogP contribution in [0.4, 0.5) is 0 Å². The molecule has 1 atom stereocenters. The van der Waals surface area contributed by atoms with Crippen LogP contribution in [0.1, 0.15) is 24.4 Å². The number of ether oxygens (including phenoxy) is 1. The highest BCUT2D eigenvalue weighted by atomic mass is 79.9. The summed E-state index contributed by atoms with van der Waals surface area (Å²) in [5.74, 6) is 1.01. The van der Waals surface area contributed by atoms with Crippen molar-refractivity contribution in [3.63, 3.8) is 0 Å². The molecule has 0 bridgehead atoms. The normalized spacial score (nSPS) is 17.2. The van der Waals surface area contributed by atoms with Crippen molar-refractivity contribution in [1.29, 1.82) is 0 Å². The first-order valence-corrected chi connectivity index (χ1v) is 6.84. The highest BCUT2D eigenvalue weighted by Crippen LogP contribution is 2.30. The first-order chi connectivity index (χ1) is 8.22. The standard InChI is InChI=1S/C13H15BrClNO/c1-16-13(12-4-2-3-7-17-12)9-5-6-11(15)10(14)8-9/h4-6,8,13,16H,2-3,7H2,1H3. The number of benzene rings is 1. The molecule has 0 amide bonds. The molecule has 1 heterocycles. The first-order valence-electron chi connectivity index (χ1n) is 5.67. The zero-order chi connectivity index (χ0) is 12.3. The van der Waals surface area contributed by atoms with E-state index < -0.39 is 0 Å². The fourth-order valence-electron chi connectivity index (χ4n) is 1.94. The summed E-state index contributed by atoms with van der Waals surface area (Å²) in [4.78, 5) is 0. The minimum atomic E-state index is 0.101. The molecule has 1 aliphatic rings. The summed E-state index contributed by atoms with van der Waals surface area (Å²) in [5, 5.41) is 4.00. The maximum Gasteiger partial charge on any atom is 0.113 e. The van der Waals surface area contributed by atoms with Gasteiger partial charge in [-0.15, -0.1) is 0 Å². The minimum Gasteiger partial charge on any atom is -0.496 e. The van der Waals surface area contributed by atoms with Gasteiger partial charge in [-0.25, -0.2) is 0 Å². The van der Waals surface area contributed by atoms with Gasteiger partial charge < -0.3 is 10.1 Å². The van der Waals surface area contributed by atoms with Crippen LogP contribution in [0.5, 0.6) is 0 Å². The quantitative estimate of drug-likeness (QED) is 0.908. The Morgan fingerprint density at radius 1 is 1.47 bits per heavy atom. The molecule has 1 aromatic carbocycles. The minimum absolute atomic E-state index is 0.101. The van der Waals surface area contributed by atoms with E-state index >= 15 is 0 Å². The molecule has 0 fully saturated rings. The van der Waals surface area contributed by atoms with E-state index in [2.05, 4.69) is 27.3 Å². The molecule has 1 N–H and O–H groups in total. The SMILES string of the molecule is CNC(C1=CCCCO1)c1ccc(Cl)c(Br)c1. The Hall–Kier alpha value is -0.510. The van der Waals surface area contributed by atoms with Gasteiger partial charge in [-0.2, -0.15) is 0 Å². The van der Waals surface area contributed by atoms with Gasteiger partial charge in [-0.3, -0.25) is 0 Å². The summed E-state index contributed by atoms with van der Waals surface area (Å²) in [6, 6.07) is 6.05. The van der Waals surface area contributed by atoms with Crippen LogP contribution in [0.15, 0.2) is 34.5 Å².